The first-order chi connectivity index (χ1) is 10.3. The Kier molecular flexibility index (Phi) is 2.98. The number of aryl methyl sites for hydroxylation is 1. The summed E-state index contributed by atoms with van der Waals surface area (Å²) < 4.78 is 1.52. The van der Waals surface area contributed by atoms with Crippen LogP contribution in [0, 0.1) is 10.1 Å². The van der Waals surface area contributed by atoms with E-state index in [1.807, 2.05) is 0 Å². The van der Waals surface area contributed by atoms with Crippen LogP contribution in [0.15, 0.2) is 18.2 Å². The van der Waals surface area contributed by atoms with Gasteiger partial charge in [-0.05, 0) is 19.4 Å². The predicted molar refractivity (Wildman–Crippen MR) is 77.1 cm³/mol. The summed E-state index contributed by atoms with van der Waals surface area (Å²) in [5, 5.41) is 18.3. The van der Waals surface area contributed by atoms with Gasteiger partial charge in [-0.1, -0.05) is 0 Å². The van der Waals surface area contributed by atoms with Crippen molar-refractivity contribution in [3.05, 3.63) is 34.0 Å². The number of fused-ring (bicyclic) bond motifs is 1. The lowest BCUT2D eigenvalue weighted by atomic mass is 9.77. The van der Waals surface area contributed by atoms with E-state index in [1.54, 1.807) is 20.0 Å². The van der Waals surface area contributed by atoms with Gasteiger partial charge < -0.3 is 0 Å². The largest absolute Gasteiger partial charge is 0.296 e. The van der Waals surface area contributed by atoms with Crippen molar-refractivity contribution in [2.24, 2.45) is 7.05 Å². The fraction of sp³-hybridized carbons (Fsp3) is 0.357. The van der Waals surface area contributed by atoms with E-state index < -0.39 is 10.3 Å². The molecule has 1 fully saturated rings. The number of carbonyl (C=O) groups is 2. The van der Waals surface area contributed by atoms with E-state index in [4.69, 9.17) is 0 Å². The molecular formula is C14H14N4O4. The van der Waals surface area contributed by atoms with Crippen molar-refractivity contribution in [2.75, 3.05) is 0 Å². The van der Waals surface area contributed by atoms with Gasteiger partial charge in [-0.2, -0.15) is 5.10 Å². The molecule has 0 saturated carbocycles. The maximum Gasteiger partial charge on any atom is 0.271 e. The number of nitrogens with one attached hydrogen (secondary N) is 1. The van der Waals surface area contributed by atoms with Gasteiger partial charge in [0.1, 0.15) is 0 Å². The van der Waals surface area contributed by atoms with Crippen molar-refractivity contribution in [3.63, 3.8) is 0 Å². The number of nitro benzene ring substituents is 1. The summed E-state index contributed by atoms with van der Waals surface area (Å²) in [4.78, 5) is 34.0. The number of hydrogen-bond donors (Lipinski definition) is 1. The number of aromatic nitrogens is 2. The molecular weight excluding hydrogens is 288 g/mol. The minimum Gasteiger partial charge on any atom is -0.296 e. The quantitative estimate of drug-likeness (QED) is 0.509. The van der Waals surface area contributed by atoms with Gasteiger partial charge in [0.15, 0.2) is 0 Å². The van der Waals surface area contributed by atoms with Crippen molar-refractivity contribution in [1.29, 1.82) is 0 Å². The van der Waals surface area contributed by atoms with Crippen LogP contribution in [-0.2, 0) is 22.1 Å². The third-order valence-electron chi connectivity index (χ3n) is 4.17. The number of rotatable bonds is 2. The van der Waals surface area contributed by atoms with E-state index in [9.17, 15) is 19.7 Å². The second-order valence-electron chi connectivity index (χ2n) is 5.64. The standard InChI is InChI=1S/C14H14N4O4/c1-14(6-5-11(19)15-13(14)20)12-9-4-3-8(18(21)22)7-10(9)17(2)16-12/h3-4,7H,5-6H2,1-2H3,(H,15,19,20). The molecule has 22 heavy (non-hydrogen) atoms. The topological polar surface area (TPSA) is 107 Å². The summed E-state index contributed by atoms with van der Waals surface area (Å²) in [6.07, 6.45) is 0.605. The van der Waals surface area contributed by atoms with Crippen molar-refractivity contribution < 1.29 is 14.5 Å². The maximum atomic E-state index is 12.3. The summed E-state index contributed by atoms with van der Waals surface area (Å²) in [6, 6.07) is 4.43. The molecule has 2 aromatic rings. The summed E-state index contributed by atoms with van der Waals surface area (Å²) in [7, 11) is 1.67. The molecule has 1 atom stereocenters. The Labute approximate surface area is 125 Å². The van der Waals surface area contributed by atoms with E-state index in [0.29, 0.717) is 23.0 Å². The number of hydrogen-bond acceptors (Lipinski definition) is 5. The van der Waals surface area contributed by atoms with Crippen LogP contribution in [-0.4, -0.2) is 26.5 Å². The lowest BCUT2D eigenvalue weighted by Crippen LogP contribution is -2.50. The van der Waals surface area contributed by atoms with Crippen LogP contribution in [0.3, 0.4) is 0 Å². The van der Waals surface area contributed by atoms with E-state index in [2.05, 4.69) is 10.4 Å². The number of nitrogens with zero attached hydrogens (tertiary/aromatic N) is 3. The van der Waals surface area contributed by atoms with E-state index in [0.717, 1.165) is 0 Å². The summed E-state index contributed by atoms with van der Waals surface area (Å²) >= 11 is 0. The van der Waals surface area contributed by atoms with Crippen LogP contribution in [0.4, 0.5) is 5.69 Å². The van der Waals surface area contributed by atoms with Crippen molar-refractivity contribution in [2.45, 2.75) is 25.2 Å². The molecule has 8 heteroatoms. The molecule has 8 nitrogen and oxygen atoms in total. The minimum atomic E-state index is -0.927. The fourth-order valence-electron chi connectivity index (χ4n) is 2.80. The molecule has 3 rings (SSSR count). The third kappa shape index (κ3) is 1.95. The normalized spacial score (nSPS) is 21.9. The first-order valence-corrected chi connectivity index (χ1v) is 6.79. The summed E-state index contributed by atoms with van der Waals surface area (Å²) in [5.74, 6) is -0.680. The monoisotopic (exact) mass is 302 g/mol. The van der Waals surface area contributed by atoms with Crippen molar-refractivity contribution >= 4 is 28.4 Å². The summed E-state index contributed by atoms with van der Waals surface area (Å²) in [5.41, 5.74) is 0.152. The highest BCUT2D eigenvalue weighted by Crippen LogP contribution is 2.36. The van der Waals surface area contributed by atoms with Gasteiger partial charge in [0.05, 0.1) is 21.5 Å². The molecule has 0 spiro atoms. The first kappa shape index (κ1) is 14.2. The van der Waals surface area contributed by atoms with E-state index >= 15 is 0 Å². The smallest absolute Gasteiger partial charge is 0.271 e. The Balaban J connectivity index is 2.18. The molecule has 1 aliphatic rings. The Morgan fingerprint density at radius 1 is 1.41 bits per heavy atom. The summed E-state index contributed by atoms with van der Waals surface area (Å²) in [6.45, 7) is 1.73. The molecule has 114 valence electrons. The van der Waals surface area contributed by atoms with Gasteiger partial charge in [0.2, 0.25) is 11.8 Å². The van der Waals surface area contributed by atoms with E-state index in [1.165, 1.54) is 16.8 Å². The van der Waals surface area contributed by atoms with Crippen LogP contribution in [0.25, 0.3) is 10.9 Å². The molecule has 1 aliphatic heterocycles. The lowest BCUT2D eigenvalue weighted by Gasteiger charge is -2.30. The van der Waals surface area contributed by atoms with E-state index in [-0.39, 0.29) is 23.9 Å². The molecule has 1 aromatic carbocycles. The lowest BCUT2D eigenvalue weighted by molar-refractivity contribution is -0.384. The number of nitro groups is 1. The number of non-ortho nitro benzene ring substituents is 1. The highest BCUT2D eigenvalue weighted by molar-refractivity contribution is 6.05. The molecule has 2 amide bonds. The van der Waals surface area contributed by atoms with Gasteiger partial charge in [-0.15, -0.1) is 0 Å². The van der Waals surface area contributed by atoms with Gasteiger partial charge in [-0.25, -0.2) is 0 Å². The Bertz CT molecular complexity index is 826. The SMILES string of the molecule is Cn1nc(C2(C)CCC(=O)NC2=O)c2ccc([N+](=O)[O-])cc21. The fourth-order valence-corrected chi connectivity index (χ4v) is 2.80. The van der Waals surface area contributed by atoms with Gasteiger partial charge in [-0.3, -0.25) is 29.7 Å². The second kappa shape index (κ2) is 4.62. The van der Waals surface area contributed by atoms with Crippen LogP contribution < -0.4 is 5.32 Å². The average molecular weight is 302 g/mol. The number of benzene rings is 1. The Hall–Kier alpha value is -2.77. The van der Waals surface area contributed by atoms with Crippen LogP contribution in [0.5, 0.6) is 0 Å². The molecule has 1 aromatic heterocycles. The minimum absolute atomic E-state index is 0.0320. The van der Waals surface area contributed by atoms with Crippen LogP contribution in [0.2, 0.25) is 0 Å². The molecule has 1 unspecified atom stereocenters. The molecule has 0 bridgehead atoms. The molecule has 0 aliphatic carbocycles. The van der Waals surface area contributed by atoms with Gasteiger partial charge in [0.25, 0.3) is 5.69 Å². The van der Waals surface area contributed by atoms with Crippen molar-refractivity contribution in [1.82, 2.24) is 15.1 Å². The Morgan fingerprint density at radius 3 is 2.77 bits per heavy atom. The molecule has 0 radical (unpaired) electrons. The molecule has 2 heterocycles. The number of amides is 2. The van der Waals surface area contributed by atoms with Gasteiger partial charge >= 0.3 is 0 Å². The van der Waals surface area contributed by atoms with Gasteiger partial charge in [0, 0.05) is 31.0 Å². The first-order valence-electron chi connectivity index (χ1n) is 6.79. The highest BCUT2D eigenvalue weighted by atomic mass is 16.6. The molecule has 1 saturated heterocycles. The highest BCUT2D eigenvalue weighted by Gasteiger charge is 2.43. The van der Waals surface area contributed by atoms with Crippen molar-refractivity contribution in [3.8, 4) is 0 Å². The zero-order valence-corrected chi connectivity index (χ0v) is 12.1. The number of piperidine rings is 1. The average Bonchev–Trinajstić information content (AvgIpc) is 2.81. The third-order valence-corrected chi connectivity index (χ3v) is 4.17. The maximum absolute atomic E-state index is 12.3. The zero-order valence-electron chi connectivity index (χ0n) is 12.1. The van der Waals surface area contributed by atoms with Crippen LogP contribution >= 0.6 is 0 Å². The van der Waals surface area contributed by atoms with Crippen LogP contribution in [0.1, 0.15) is 25.5 Å². The molecule has 1 N–H and O–H groups in total. The number of imide groups is 1. The zero-order chi connectivity index (χ0) is 16.1. The number of carbonyl (C=O) groups excluding carboxylic acids is 2. The predicted octanol–water partition coefficient (Wildman–Crippen LogP) is 1.18. The second-order valence-corrected chi connectivity index (χ2v) is 5.64. The Morgan fingerprint density at radius 2 is 2.14 bits per heavy atom.